The Bertz CT molecular complexity index is 587. The number of carbonyl (C=O) groups is 1. The number of fused-ring (bicyclic) bond motifs is 1. The van der Waals surface area contributed by atoms with Gasteiger partial charge in [-0.3, -0.25) is 4.79 Å². The Morgan fingerprint density at radius 1 is 1.15 bits per heavy atom. The van der Waals surface area contributed by atoms with Gasteiger partial charge in [-0.25, -0.2) is 0 Å². The molecule has 0 radical (unpaired) electrons. The highest BCUT2D eigenvalue weighted by Crippen LogP contribution is 2.19. The van der Waals surface area contributed by atoms with Crippen LogP contribution in [0.2, 0.25) is 0 Å². The molecule has 0 aliphatic rings. The van der Waals surface area contributed by atoms with Crippen molar-refractivity contribution in [1.82, 2.24) is 5.32 Å². The van der Waals surface area contributed by atoms with Gasteiger partial charge in [0.25, 0.3) is 0 Å². The Morgan fingerprint density at radius 2 is 1.85 bits per heavy atom. The molecule has 0 fully saturated rings. The molecule has 0 saturated carbocycles. The van der Waals surface area contributed by atoms with E-state index >= 15 is 0 Å². The predicted molar refractivity (Wildman–Crippen MR) is 81.5 cm³/mol. The van der Waals surface area contributed by atoms with E-state index in [1.54, 1.807) is 0 Å². The topological polar surface area (TPSA) is 49.3 Å². The standard InChI is InChI=1S/C17H21NO2/c1-12(2)16(11-19)18-17(20)10-14-8-5-7-13-6-3-4-9-15(13)14/h3-9,12,16,19H,10-11H2,1-2H3,(H,18,20). The normalized spacial score (nSPS) is 12.6. The van der Waals surface area contributed by atoms with Crippen LogP contribution in [0, 0.1) is 5.92 Å². The molecule has 2 aromatic carbocycles. The number of hydrogen-bond donors (Lipinski definition) is 2. The summed E-state index contributed by atoms with van der Waals surface area (Å²) in [6, 6.07) is 13.9. The van der Waals surface area contributed by atoms with Gasteiger partial charge in [0.2, 0.25) is 5.91 Å². The first-order valence-electron chi connectivity index (χ1n) is 6.98. The van der Waals surface area contributed by atoms with Crippen LogP contribution >= 0.6 is 0 Å². The van der Waals surface area contributed by atoms with Crippen LogP contribution in [0.3, 0.4) is 0 Å². The summed E-state index contributed by atoms with van der Waals surface area (Å²) in [6.07, 6.45) is 0.338. The summed E-state index contributed by atoms with van der Waals surface area (Å²) in [6.45, 7) is 3.94. The largest absolute Gasteiger partial charge is 0.394 e. The Kier molecular flexibility index (Phi) is 4.74. The van der Waals surface area contributed by atoms with Gasteiger partial charge >= 0.3 is 0 Å². The number of aliphatic hydroxyl groups excluding tert-OH is 1. The minimum absolute atomic E-state index is 0.0288. The lowest BCUT2D eigenvalue weighted by Crippen LogP contribution is -2.41. The van der Waals surface area contributed by atoms with Crippen LogP contribution in [0.25, 0.3) is 10.8 Å². The molecule has 20 heavy (non-hydrogen) atoms. The SMILES string of the molecule is CC(C)C(CO)NC(=O)Cc1cccc2ccccc12. The number of hydrogen-bond acceptors (Lipinski definition) is 2. The highest BCUT2D eigenvalue weighted by molar-refractivity contribution is 5.90. The van der Waals surface area contributed by atoms with Gasteiger partial charge < -0.3 is 10.4 Å². The third kappa shape index (κ3) is 3.36. The molecule has 3 nitrogen and oxygen atoms in total. The van der Waals surface area contributed by atoms with E-state index in [-0.39, 0.29) is 24.5 Å². The first-order chi connectivity index (χ1) is 9.61. The molecule has 1 atom stereocenters. The van der Waals surface area contributed by atoms with Crippen molar-refractivity contribution in [3.63, 3.8) is 0 Å². The van der Waals surface area contributed by atoms with E-state index in [1.807, 2.05) is 56.3 Å². The maximum absolute atomic E-state index is 12.1. The third-order valence-corrected chi connectivity index (χ3v) is 3.58. The summed E-state index contributed by atoms with van der Waals surface area (Å²) in [7, 11) is 0. The molecule has 0 aliphatic heterocycles. The highest BCUT2D eigenvalue weighted by atomic mass is 16.3. The molecule has 3 heteroatoms. The molecular formula is C17H21NO2. The van der Waals surface area contributed by atoms with Crippen LogP contribution in [-0.4, -0.2) is 23.7 Å². The van der Waals surface area contributed by atoms with Gasteiger partial charge in [0.15, 0.2) is 0 Å². The van der Waals surface area contributed by atoms with Crippen molar-refractivity contribution in [3.8, 4) is 0 Å². The average molecular weight is 271 g/mol. The number of rotatable bonds is 5. The molecule has 106 valence electrons. The molecule has 2 rings (SSSR count). The van der Waals surface area contributed by atoms with Crippen molar-refractivity contribution in [2.45, 2.75) is 26.3 Å². The lowest BCUT2D eigenvalue weighted by Gasteiger charge is -2.20. The second-order valence-electron chi connectivity index (χ2n) is 5.42. The fraction of sp³-hybridized carbons (Fsp3) is 0.353. The quantitative estimate of drug-likeness (QED) is 0.878. The number of nitrogens with one attached hydrogen (secondary N) is 1. The molecule has 0 saturated heterocycles. The summed E-state index contributed by atoms with van der Waals surface area (Å²) >= 11 is 0. The zero-order valence-corrected chi connectivity index (χ0v) is 12.0. The maximum atomic E-state index is 12.1. The van der Waals surface area contributed by atoms with Crippen molar-refractivity contribution in [2.24, 2.45) is 5.92 Å². The predicted octanol–water partition coefficient (Wildman–Crippen LogP) is 2.52. The summed E-state index contributed by atoms with van der Waals surface area (Å²) in [5.41, 5.74) is 1.01. The van der Waals surface area contributed by atoms with Gasteiger partial charge in [-0.2, -0.15) is 0 Å². The van der Waals surface area contributed by atoms with E-state index in [0.717, 1.165) is 16.3 Å². The second-order valence-corrected chi connectivity index (χ2v) is 5.42. The molecule has 1 unspecified atom stereocenters. The van der Waals surface area contributed by atoms with Crippen LogP contribution in [0.5, 0.6) is 0 Å². The van der Waals surface area contributed by atoms with E-state index in [0.29, 0.717) is 6.42 Å². The van der Waals surface area contributed by atoms with E-state index in [2.05, 4.69) is 5.32 Å². The number of amides is 1. The van der Waals surface area contributed by atoms with E-state index in [4.69, 9.17) is 0 Å². The molecular weight excluding hydrogens is 250 g/mol. The Hall–Kier alpha value is -1.87. The van der Waals surface area contributed by atoms with Gasteiger partial charge in [0, 0.05) is 0 Å². The van der Waals surface area contributed by atoms with Crippen LogP contribution in [-0.2, 0) is 11.2 Å². The first kappa shape index (κ1) is 14.5. The molecule has 2 aromatic rings. The molecule has 0 heterocycles. The Labute approximate surface area is 119 Å². The monoisotopic (exact) mass is 271 g/mol. The average Bonchev–Trinajstić information content (AvgIpc) is 2.45. The number of aliphatic hydroxyl groups is 1. The van der Waals surface area contributed by atoms with Crippen LogP contribution in [0.4, 0.5) is 0 Å². The maximum Gasteiger partial charge on any atom is 0.224 e. The summed E-state index contributed by atoms with van der Waals surface area (Å²) in [5, 5.41) is 14.4. The van der Waals surface area contributed by atoms with Crippen LogP contribution in [0.1, 0.15) is 19.4 Å². The van der Waals surface area contributed by atoms with Crippen molar-refractivity contribution < 1.29 is 9.90 Å². The second kappa shape index (κ2) is 6.53. The summed E-state index contributed by atoms with van der Waals surface area (Å²) < 4.78 is 0. The lowest BCUT2D eigenvalue weighted by atomic mass is 10.0. The smallest absolute Gasteiger partial charge is 0.224 e. The number of carbonyl (C=O) groups excluding carboxylic acids is 1. The fourth-order valence-corrected chi connectivity index (χ4v) is 2.30. The Balaban J connectivity index is 2.14. The number of benzene rings is 2. The van der Waals surface area contributed by atoms with Crippen molar-refractivity contribution in [1.29, 1.82) is 0 Å². The van der Waals surface area contributed by atoms with Crippen LogP contribution < -0.4 is 5.32 Å². The van der Waals surface area contributed by atoms with Crippen molar-refractivity contribution in [2.75, 3.05) is 6.61 Å². The van der Waals surface area contributed by atoms with E-state index in [9.17, 15) is 9.90 Å². The lowest BCUT2D eigenvalue weighted by molar-refractivity contribution is -0.121. The van der Waals surface area contributed by atoms with Gasteiger partial charge in [-0.1, -0.05) is 56.3 Å². The van der Waals surface area contributed by atoms with Crippen molar-refractivity contribution in [3.05, 3.63) is 48.0 Å². The first-order valence-corrected chi connectivity index (χ1v) is 6.98. The zero-order valence-electron chi connectivity index (χ0n) is 12.0. The summed E-state index contributed by atoms with van der Waals surface area (Å²) in [5.74, 6) is 0.172. The fourth-order valence-electron chi connectivity index (χ4n) is 2.30. The van der Waals surface area contributed by atoms with Gasteiger partial charge in [0.1, 0.15) is 0 Å². The van der Waals surface area contributed by atoms with Crippen LogP contribution in [0.15, 0.2) is 42.5 Å². The molecule has 0 bridgehead atoms. The van der Waals surface area contributed by atoms with E-state index < -0.39 is 0 Å². The van der Waals surface area contributed by atoms with E-state index in [1.165, 1.54) is 0 Å². The third-order valence-electron chi connectivity index (χ3n) is 3.58. The Morgan fingerprint density at radius 3 is 2.55 bits per heavy atom. The molecule has 1 amide bonds. The molecule has 0 aliphatic carbocycles. The van der Waals surface area contributed by atoms with Gasteiger partial charge in [0.05, 0.1) is 19.1 Å². The highest BCUT2D eigenvalue weighted by Gasteiger charge is 2.15. The zero-order chi connectivity index (χ0) is 14.5. The molecule has 0 spiro atoms. The molecule has 0 aromatic heterocycles. The van der Waals surface area contributed by atoms with Crippen molar-refractivity contribution >= 4 is 16.7 Å². The van der Waals surface area contributed by atoms with Gasteiger partial charge in [-0.05, 0) is 22.3 Å². The summed E-state index contributed by atoms with van der Waals surface area (Å²) in [4.78, 5) is 12.1. The minimum atomic E-state index is -0.183. The minimum Gasteiger partial charge on any atom is -0.394 e. The molecule has 2 N–H and O–H groups in total. The van der Waals surface area contributed by atoms with Gasteiger partial charge in [-0.15, -0.1) is 0 Å².